The van der Waals surface area contributed by atoms with Crippen molar-refractivity contribution in [2.75, 3.05) is 0 Å². The van der Waals surface area contributed by atoms with E-state index in [1.54, 1.807) is 37.4 Å². The molecule has 0 aliphatic rings. The fraction of sp³-hybridized carbons (Fsp3) is 0.176. The summed E-state index contributed by atoms with van der Waals surface area (Å²) in [5.74, 6) is 0.197. The van der Waals surface area contributed by atoms with Crippen LogP contribution in [-0.2, 0) is 13.2 Å². The summed E-state index contributed by atoms with van der Waals surface area (Å²) in [5.41, 5.74) is -1.22. The highest BCUT2D eigenvalue weighted by Gasteiger charge is 2.33. The molecular formula is C17H13F3N4O3S. The summed E-state index contributed by atoms with van der Waals surface area (Å²) in [5, 5.41) is 29.7. The lowest BCUT2D eigenvalue weighted by molar-refractivity contribution is -0.388. The van der Waals surface area contributed by atoms with Crippen molar-refractivity contribution in [3.8, 4) is 0 Å². The summed E-state index contributed by atoms with van der Waals surface area (Å²) in [7, 11) is 1.56. The highest BCUT2D eigenvalue weighted by molar-refractivity contribution is 7.99. The van der Waals surface area contributed by atoms with Crippen LogP contribution in [0.3, 0.4) is 0 Å². The molecule has 3 rings (SSSR count). The van der Waals surface area contributed by atoms with Gasteiger partial charge in [0.25, 0.3) is 5.69 Å². The van der Waals surface area contributed by atoms with Gasteiger partial charge in [-0.05, 0) is 29.5 Å². The van der Waals surface area contributed by atoms with E-state index in [2.05, 4.69) is 10.2 Å². The van der Waals surface area contributed by atoms with Gasteiger partial charge in [-0.15, -0.1) is 10.2 Å². The summed E-state index contributed by atoms with van der Waals surface area (Å²) in [4.78, 5) is 10.3. The van der Waals surface area contributed by atoms with Crippen LogP contribution in [0.25, 0.3) is 0 Å². The van der Waals surface area contributed by atoms with Gasteiger partial charge in [0, 0.05) is 13.1 Å². The number of aliphatic hydroxyl groups is 1. The number of aliphatic hydroxyl groups excluding tert-OH is 1. The molecule has 28 heavy (non-hydrogen) atoms. The number of hydrogen-bond donors (Lipinski definition) is 1. The Morgan fingerprint density at radius 2 is 1.86 bits per heavy atom. The number of nitro benzene ring substituents is 1. The zero-order chi connectivity index (χ0) is 20.5. The molecule has 0 unspecified atom stereocenters. The van der Waals surface area contributed by atoms with Gasteiger partial charge in [0.05, 0.1) is 15.4 Å². The Morgan fingerprint density at radius 3 is 2.46 bits per heavy atom. The Kier molecular flexibility index (Phi) is 5.38. The standard InChI is InChI=1S/C17H13F3N4O3S/c1-23-15(14(25)10-5-3-2-4-6-10)21-22-16(23)28-13-8-7-11(17(18,19)20)9-12(13)24(26)27/h2-9,14,25H,1H3/t14-/m1/s1. The van der Waals surface area contributed by atoms with Crippen molar-refractivity contribution < 1.29 is 23.2 Å². The largest absolute Gasteiger partial charge is 0.416 e. The third kappa shape index (κ3) is 3.99. The second-order valence-electron chi connectivity index (χ2n) is 5.75. The van der Waals surface area contributed by atoms with Crippen LogP contribution in [0.4, 0.5) is 18.9 Å². The van der Waals surface area contributed by atoms with Crippen molar-refractivity contribution in [1.82, 2.24) is 14.8 Å². The average Bonchev–Trinajstić information content (AvgIpc) is 3.01. The monoisotopic (exact) mass is 410 g/mol. The zero-order valence-electron chi connectivity index (χ0n) is 14.3. The van der Waals surface area contributed by atoms with Gasteiger partial charge >= 0.3 is 6.18 Å². The van der Waals surface area contributed by atoms with Crippen LogP contribution in [-0.4, -0.2) is 24.8 Å². The molecule has 0 aliphatic carbocycles. The normalized spacial score (nSPS) is 12.8. The summed E-state index contributed by atoms with van der Waals surface area (Å²) >= 11 is 0.791. The minimum Gasteiger partial charge on any atom is -0.380 e. The van der Waals surface area contributed by atoms with Crippen molar-refractivity contribution in [2.24, 2.45) is 7.05 Å². The van der Waals surface area contributed by atoms with Gasteiger partial charge in [0.1, 0.15) is 6.10 Å². The highest BCUT2D eigenvalue weighted by atomic mass is 32.2. The SMILES string of the molecule is Cn1c(Sc2ccc(C(F)(F)F)cc2[N+](=O)[O-])nnc1[C@H](O)c1ccccc1. The van der Waals surface area contributed by atoms with E-state index in [9.17, 15) is 28.4 Å². The summed E-state index contributed by atoms with van der Waals surface area (Å²) in [6.45, 7) is 0. The summed E-state index contributed by atoms with van der Waals surface area (Å²) < 4.78 is 39.9. The van der Waals surface area contributed by atoms with E-state index in [1.165, 1.54) is 4.57 Å². The van der Waals surface area contributed by atoms with Crippen LogP contribution in [0.5, 0.6) is 0 Å². The molecule has 0 spiro atoms. The van der Waals surface area contributed by atoms with Gasteiger partial charge in [-0.25, -0.2) is 0 Å². The Balaban J connectivity index is 1.93. The van der Waals surface area contributed by atoms with Gasteiger partial charge in [0.15, 0.2) is 11.0 Å². The van der Waals surface area contributed by atoms with Gasteiger partial charge in [0.2, 0.25) is 0 Å². The maximum atomic E-state index is 12.8. The molecule has 2 aromatic carbocycles. The molecule has 11 heteroatoms. The first-order valence-corrected chi connectivity index (χ1v) is 8.66. The summed E-state index contributed by atoms with van der Waals surface area (Å²) in [6.07, 6.45) is -5.76. The molecular weight excluding hydrogens is 397 g/mol. The number of rotatable bonds is 5. The Bertz CT molecular complexity index is 1010. The molecule has 146 valence electrons. The molecule has 0 bridgehead atoms. The van der Waals surface area contributed by atoms with E-state index in [1.807, 2.05) is 0 Å². The van der Waals surface area contributed by atoms with Crippen molar-refractivity contribution in [1.29, 1.82) is 0 Å². The summed E-state index contributed by atoms with van der Waals surface area (Å²) in [6, 6.07) is 11.0. The molecule has 1 atom stereocenters. The lowest BCUT2D eigenvalue weighted by Crippen LogP contribution is -2.08. The van der Waals surface area contributed by atoms with E-state index >= 15 is 0 Å². The molecule has 0 aliphatic heterocycles. The molecule has 7 nitrogen and oxygen atoms in total. The number of halogens is 3. The lowest BCUT2D eigenvalue weighted by atomic mass is 10.1. The highest BCUT2D eigenvalue weighted by Crippen LogP contribution is 2.39. The lowest BCUT2D eigenvalue weighted by Gasteiger charge is -2.11. The maximum Gasteiger partial charge on any atom is 0.416 e. The first-order valence-electron chi connectivity index (χ1n) is 7.84. The predicted octanol–water partition coefficient (Wildman–Crippen LogP) is 3.98. The molecule has 0 saturated carbocycles. The number of nitro groups is 1. The van der Waals surface area contributed by atoms with Gasteiger partial charge < -0.3 is 9.67 Å². The van der Waals surface area contributed by atoms with Crippen LogP contribution in [0.15, 0.2) is 58.6 Å². The van der Waals surface area contributed by atoms with Crippen molar-refractivity contribution in [3.05, 3.63) is 75.6 Å². The zero-order valence-corrected chi connectivity index (χ0v) is 15.1. The Labute approximate surface area is 161 Å². The van der Waals surface area contributed by atoms with Crippen LogP contribution >= 0.6 is 11.8 Å². The number of hydrogen-bond acceptors (Lipinski definition) is 6. The molecule has 3 aromatic rings. The molecule has 0 fully saturated rings. The van der Waals surface area contributed by atoms with Gasteiger partial charge in [-0.3, -0.25) is 10.1 Å². The predicted molar refractivity (Wildman–Crippen MR) is 93.7 cm³/mol. The minimum atomic E-state index is -4.69. The number of aromatic nitrogens is 3. The van der Waals surface area contributed by atoms with Crippen LogP contribution in [0.2, 0.25) is 0 Å². The van der Waals surface area contributed by atoms with Crippen LogP contribution < -0.4 is 0 Å². The van der Waals surface area contributed by atoms with Gasteiger partial charge in [-0.2, -0.15) is 13.2 Å². The fourth-order valence-corrected chi connectivity index (χ4v) is 3.34. The van der Waals surface area contributed by atoms with Crippen molar-refractivity contribution in [3.63, 3.8) is 0 Å². The first-order chi connectivity index (χ1) is 13.2. The van der Waals surface area contributed by atoms with E-state index < -0.39 is 28.5 Å². The second kappa shape index (κ2) is 7.60. The van der Waals surface area contributed by atoms with Crippen molar-refractivity contribution >= 4 is 17.4 Å². The number of alkyl halides is 3. The van der Waals surface area contributed by atoms with E-state index in [0.29, 0.717) is 11.6 Å². The molecule has 1 aromatic heterocycles. The smallest absolute Gasteiger partial charge is 0.380 e. The Morgan fingerprint density at radius 1 is 1.18 bits per heavy atom. The number of benzene rings is 2. The Hall–Kier alpha value is -2.92. The minimum absolute atomic E-state index is 0.0192. The topological polar surface area (TPSA) is 94.1 Å². The fourth-order valence-electron chi connectivity index (χ4n) is 2.46. The quantitative estimate of drug-likeness (QED) is 0.505. The van der Waals surface area contributed by atoms with Crippen LogP contribution in [0, 0.1) is 10.1 Å². The average molecular weight is 410 g/mol. The number of nitrogens with zero attached hydrogens (tertiary/aromatic N) is 4. The molecule has 1 heterocycles. The first kappa shape index (κ1) is 19.8. The third-order valence-corrected chi connectivity index (χ3v) is 5.02. The molecule has 0 amide bonds. The van der Waals surface area contributed by atoms with Gasteiger partial charge in [-0.1, -0.05) is 30.3 Å². The van der Waals surface area contributed by atoms with E-state index in [-0.39, 0.29) is 15.9 Å². The maximum absolute atomic E-state index is 12.8. The van der Waals surface area contributed by atoms with Crippen LogP contribution in [0.1, 0.15) is 23.1 Å². The van der Waals surface area contributed by atoms with E-state index in [4.69, 9.17) is 0 Å². The third-order valence-electron chi connectivity index (χ3n) is 3.91. The van der Waals surface area contributed by atoms with Crippen molar-refractivity contribution in [2.45, 2.75) is 22.3 Å². The molecule has 1 N–H and O–H groups in total. The van der Waals surface area contributed by atoms with E-state index in [0.717, 1.165) is 23.9 Å². The second-order valence-corrected chi connectivity index (χ2v) is 6.76. The molecule has 0 saturated heterocycles. The molecule has 0 radical (unpaired) electrons.